The highest BCUT2D eigenvalue weighted by atomic mass is 32.2. The van der Waals surface area contributed by atoms with Crippen LogP contribution in [0.1, 0.15) is 25.5 Å². The molecular formula is C18H17N5O3S. The molecule has 138 valence electrons. The van der Waals surface area contributed by atoms with E-state index in [4.69, 9.17) is 4.42 Å². The molecule has 0 bridgehead atoms. The zero-order valence-electron chi connectivity index (χ0n) is 14.7. The van der Waals surface area contributed by atoms with E-state index in [9.17, 15) is 8.42 Å². The Kier molecular flexibility index (Phi) is 4.15. The third-order valence-electron chi connectivity index (χ3n) is 4.09. The van der Waals surface area contributed by atoms with Gasteiger partial charge in [-0.2, -0.15) is 9.61 Å². The fourth-order valence-electron chi connectivity index (χ4n) is 2.63. The van der Waals surface area contributed by atoms with E-state index >= 15 is 0 Å². The molecule has 0 atom stereocenters. The number of sulfonamides is 1. The average Bonchev–Trinajstić information content (AvgIpc) is 3.32. The molecule has 27 heavy (non-hydrogen) atoms. The number of nitrogens with zero attached hydrogens (tertiary/aromatic N) is 4. The summed E-state index contributed by atoms with van der Waals surface area (Å²) >= 11 is 0. The molecule has 0 spiro atoms. The van der Waals surface area contributed by atoms with Crippen LogP contribution >= 0.6 is 0 Å². The number of aromatic nitrogens is 4. The topological polar surface area (TPSA) is 102 Å². The lowest BCUT2D eigenvalue weighted by Gasteiger charge is -2.09. The number of rotatable bonds is 5. The number of nitrogens with one attached hydrogen (secondary N) is 1. The molecule has 0 aliphatic carbocycles. The lowest BCUT2D eigenvalue weighted by molar-refractivity contribution is 0.572. The summed E-state index contributed by atoms with van der Waals surface area (Å²) in [5, 5.41) is 4.45. The van der Waals surface area contributed by atoms with Gasteiger partial charge in [-0.05, 0) is 36.2 Å². The highest BCUT2D eigenvalue weighted by Gasteiger charge is 2.18. The van der Waals surface area contributed by atoms with Crippen LogP contribution in [-0.4, -0.2) is 28.0 Å². The van der Waals surface area contributed by atoms with Gasteiger partial charge in [0.15, 0.2) is 17.8 Å². The minimum absolute atomic E-state index is 0.131. The van der Waals surface area contributed by atoms with Crippen molar-refractivity contribution in [3.63, 3.8) is 0 Å². The van der Waals surface area contributed by atoms with Crippen molar-refractivity contribution in [2.75, 3.05) is 4.72 Å². The van der Waals surface area contributed by atoms with E-state index in [2.05, 4.69) is 19.8 Å². The third-order valence-corrected chi connectivity index (χ3v) is 5.46. The molecule has 0 saturated carbocycles. The van der Waals surface area contributed by atoms with Gasteiger partial charge < -0.3 is 4.42 Å². The molecule has 0 saturated heterocycles. The van der Waals surface area contributed by atoms with Crippen LogP contribution in [0, 0.1) is 0 Å². The molecule has 0 amide bonds. The summed E-state index contributed by atoms with van der Waals surface area (Å²) in [7, 11) is -3.79. The number of fused-ring (bicyclic) bond motifs is 1. The van der Waals surface area contributed by atoms with Gasteiger partial charge in [-0.15, -0.1) is 0 Å². The smallest absolute Gasteiger partial charge is 0.263 e. The van der Waals surface area contributed by atoms with Crippen molar-refractivity contribution in [3.8, 4) is 11.3 Å². The van der Waals surface area contributed by atoms with Gasteiger partial charge in [0.25, 0.3) is 10.0 Å². The van der Waals surface area contributed by atoms with E-state index in [1.165, 1.54) is 23.0 Å². The Morgan fingerprint density at radius 1 is 1.15 bits per heavy atom. The summed E-state index contributed by atoms with van der Waals surface area (Å²) < 4.78 is 34.8. The molecule has 0 fully saturated rings. The van der Waals surface area contributed by atoms with Gasteiger partial charge in [0.05, 0.1) is 16.8 Å². The monoisotopic (exact) mass is 383 g/mol. The van der Waals surface area contributed by atoms with E-state index in [0.29, 0.717) is 17.2 Å². The van der Waals surface area contributed by atoms with Gasteiger partial charge in [0.2, 0.25) is 0 Å². The van der Waals surface area contributed by atoms with Crippen molar-refractivity contribution >= 4 is 21.5 Å². The van der Waals surface area contributed by atoms with Crippen molar-refractivity contribution in [1.29, 1.82) is 0 Å². The van der Waals surface area contributed by atoms with Crippen LogP contribution in [0.3, 0.4) is 0 Å². The summed E-state index contributed by atoms with van der Waals surface area (Å²) in [5.41, 5.74) is 2.16. The number of hydrogen-bond donors (Lipinski definition) is 1. The summed E-state index contributed by atoms with van der Waals surface area (Å²) in [6, 6.07) is 9.78. The Balaban J connectivity index is 1.66. The average molecular weight is 383 g/mol. The van der Waals surface area contributed by atoms with Crippen molar-refractivity contribution in [2.45, 2.75) is 24.7 Å². The molecule has 0 radical (unpaired) electrons. The van der Waals surface area contributed by atoms with Crippen LogP contribution < -0.4 is 4.72 Å². The molecule has 0 aliphatic heterocycles. The molecule has 1 N–H and O–H groups in total. The molecule has 3 heterocycles. The van der Waals surface area contributed by atoms with Gasteiger partial charge in [0, 0.05) is 17.8 Å². The van der Waals surface area contributed by atoms with Crippen LogP contribution in [0.25, 0.3) is 17.0 Å². The normalized spacial score (nSPS) is 12.0. The standard InChI is InChI=1S/C18H17N5O3S/c1-12(2)15-9-18-20-8-7-17(23(18)21-15)22-27(24,25)14-5-3-13(4-6-14)16-10-19-11-26-16/h3-12,22H,1-2H3. The second-order valence-corrected chi connectivity index (χ2v) is 8.00. The molecule has 0 aliphatic rings. The van der Waals surface area contributed by atoms with Crippen LogP contribution in [0.15, 0.2) is 64.5 Å². The molecule has 4 aromatic rings. The quantitative estimate of drug-likeness (QED) is 0.567. The second kappa shape index (κ2) is 6.51. The Hall–Kier alpha value is -3.20. The molecule has 9 heteroatoms. The Labute approximate surface area is 155 Å². The molecular weight excluding hydrogens is 366 g/mol. The Morgan fingerprint density at radius 3 is 2.59 bits per heavy atom. The fraction of sp³-hybridized carbons (Fsp3) is 0.167. The first kappa shape index (κ1) is 17.2. The molecule has 4 rings (SSSR count). The predicted molar refractivity (Wildman–Crippen MR) is 99.8 cm³/mol. The van der Waals surface area contributed by atoms with E-state index in [-0.39, 0.29) is 10.8 Å². The molecule has 1 aromatic carbocycles. The van der Waals surface area contributed by atoms with Crippen molar-refractivity contribution in [1.82, 2.24) is 19.6 Å². The summed E-state index contributed by atoms with van der Waals surface area (Å²) in [6.07, 6.45) is 4.44. The van der Waals surface area contributed by atoms with E-state index < -0.39 is 10.0 Å². The maximum absolute atomic E-state index is 12.8. The lowest BCUT2D eigenvalue weighted by atomic mass is 10.1. The van der Waals surface area contributed by atoms with Crippen LogP contribution in [0.2, 0.25) is 0 Å². The zero-order valence-corrected chi connectivity index (χ0v) is 15.5. The first-order valence-electron chi connectivity index (χ1n) is 8.30. The largest absolute Gasteiger partial charge is 0.444 e. The maximum Gasteiger partial charge on any atom is 0.263 e. The number of anilines is 1. The van der Waals surface area contributed by atoms with Gasteiger partial charge in [-0.3, -0.25) is 4.72 Å². The van der Waals surface area contributed by atoms with Gasteiger partial charge in [0.1, 0.15) is 5.82 Å². The van der Waals surface area contributed by atoms with Gasteiger partial charge >= 0.3 is 0 Å². The summed E-state index contributed by atoms with van der Waals surface area (Å²) in [5.74, 6) is 1.10. The fourth-order valence-corrected chi connectivity index (χ4v) is 3.67. The maximum atomic E-state index is 12.8. The number of benzene rings is 1. The predicted octanol–water partition coefficient (Wildman–Crippen LogP) is 3.31. The van der Waals surface area contributed by atoms with E-state index in [0.717, 1.165) is 11.3 Å². The van der Waals surface area contributed by atoms with Crippen molar-refractivity contribution in [3.05, 3.63) is 60.9 Å². The van der Waals surface area contributed by atoms with Crippen LogP contribution in [-0.2, 0) is 10.0 Å². The highest BCUT2D eigenvalue weighted by Crippen LogP contribution is 2.23. The van der Waals surface area contributed by atoms with Gasteiger partial charge in [-0.25, -0.2) is 18.4 Å². The molecule has 0 unspecified atom stereocenters. The van der Waals surface area contributed by atoms with Gasteiger partial charge in [-0.1, -0.05) is 13.8 Å². The summed E-state index contributed by atoms with van der Waals surface area (Å²) in [6.45, 7) is 4.03. The first-order chi connectivity index (χ1) is 12.9. The Bertz CT molecular complexity index is 1180. The third kappa shape index (κ3) is 3.28. The number of hydrogen-bond acceptors (Lipinski definition) is 6. The molecule has 8 nitrogen and oxygen atoms in total. The second-order valence-electron chi connectivity index (χ2n) is 6.32. The lowest BCUT2D eigenvalue weighted by Crippen LogP contribution is -2.15. The number of oxazole rings is 1. The molecule has 3 aromatic heterocycles. The minimum Gasteiger partial charge on any atom is -0.444 e. The Morgan fingerprint density at radius 2 is 1.93 bits per heavy atom. The highest BCUT2D eigenvalue weighted by molar-refractivity contribution is 7.92. The van der Waals surface area contributed by atoms with Crippen molar-refractivity contribution < 1.29 is 12.8 Å². The minimum atomic E-state index is -3.79. The zero-order chi connectivity index (χ0) is 19.0. The summed E-state index contributed by atoms with van der Waals surface area (Å²) in [4.78, 5) is 8.22. The van der Waals surface area contributed by atoms with Crippen molar-refractivity contribution in [2.24, 2.45) is 0 Å². The van der Waals surface area contributed by atoms with Crippen LogP contribution in [0.4, 0.5) is 5.82 Å². The first-order valence-corrected chi connectivity index (χ1v) is 9.79. The SMILES string of the molecule is CC(C)c1cc2nccc(NS(=O)(=O)c3ccc(-c4cnco4)cc3)n2n1. The van der Waals surface area contributed by atoms with E-state index in [1.54, 1.807) is 30.6 Å². The van der Waals surface area contributed by atoms with Crippen LogP contribution in [0.5, 0.6) is 0 Å². The van der Waals surface area contributed by atoms with E-state index in [1.807, 2.05) is 19.9 Å².